The number of alkyl halides is 3. The Balaban J connectivity index is 1.58. The highest BCUT2D eigenvalue weighted by atomic mass is 79.9. The lowest BCUT2D eigenvalue weighted by atomic mass is 9.93. The molecule has 0 atom stereocenters. The Morgan fingerprint density at radius 2 is 1.78 bits per heavy atom. The van der Waals surface area contributed by atoms with Gasteiger partial charge in [0.05, 0.1) is 30.2 Å². The van der Waals surface area contributed by atoms with Crippen LogP contribution in [-0.4, -0.2) is 53.7 Å². The highest BCUT2D eigenvalue weighted by Gasteiger charge is 2.31. The number of benzene rings is 3. The van der Waals surface area contributed by atoms with Crippen LogP contribution in [0.25, 0.3) is 11.1 Å². The summed E-state index contributed by atoms with van der Waals surface area (Å²) < 4.78 is 82.6. The lowest BCUT2D eigenvalue weighted by Gasteiger charge is -2.29. The average molecular weight is 658 g/mol. The van der Waals surface area contributed by atoms with Crippen molar-refractivity contribution in [1.29, 1.82) is 0 Å². The van der Waals surface area contributed by atoms with E-state index in [-0.39, 0.29) is 29.9 Å². The molecular weight excluding hydrogens is 629 g/mol. The maximum absolute atomic E-state index is 13.5. The molecule has 0 saturated carbocycles. The third-order valence-corrected chi connectivity index (χ3v) is 8.39. The molecule has 220 valence electrons. The first-order valence-electron chi connectivity index (χ1n) is 12.6. The first-order chi connectivity index (χ1) is 19.4. The SMILES string of the molecule is CCS(=O)(=O)Nc1cc(N2CCc3cc(-c4ccc(C(F)(F)F)cc4Br)ccc3C2=O)ccc1OCOCCOC. The number of rotatable bonds is 11. The summed E-state index contributed by atoms with van der Waals surface area (Å²) in [6, 6.07) is 13.4. The van der Waals surface area contributed by atoms with Crippen LogP contribution in [0.4, 0.5) is 24.5 Å². The quantitative estimate of drug-likeness (QED) is 0.198. The number of hydrogen-bond donors (Lipinski definition) is 1. The number of sulfonamides is 1. The highest BCUT2D eigenvalue weighted by molar-refractivity contribution is 9.10. The fraction of sp³-hybridized carbons (Fsp3) is 0.321. The molecule has 1 aliphatic heterocycles. The monoisotopic (exact) mass is 656 g/mol. The lowest BCUT2D eigenvalue weighted by Crippen LogP contribution is -2.37. The van der Waals surface area contributed by atoms with Crippen molar-refractivity contribution in [3.63, 3.8) is 0 Å². The van der Waals surface area contributed by atoms with Crippen molar-refractivity contribution in [1.82, 2.24) is 0 Å². The molecule has 41 heavy (non-hydrogen) atoms. The minimum atomic E-state index is -4.45. The largest absolute Gasteiger partial charge is 0.465 e. The van der Waals surface area contributed by atoms with Crippen LogP contribution in [-0.2, 0) is 32.1 Å². The van der Waals surface area contributed by atoms with E-state index in [0.29, 0.717) is 53.0 Å². The Labute approximate surface area is 244 Å². The molecule has 3 aromatic carbocycles. The number of halogens is 4. The van der Waals surface area contributed by atoms with Gasteiger partial charge in [-0.1, -0.05) is 34.1 Å². The number of nitrogens with one attached hydrogen (secondary N) is 1. The summed E-state index contributed by atoms with van der Waals surface area (Å²) in [7, 11) is -2.11. The molecular formula is C28H28BrF3N2O6S. The molecule has 1 amide bonds. The summed E-state index contributed by atoms with van der Waals surface area (Å²) in [5.74, 6) is -0.209. The molecule has 1 N–H and O–H groups in total. The van der Waals surface area contributed by atoms with Gasteiger partial charge in [0, 0.05) is 29.4 Å². The number of carbonyl (C=O) groups excluding carboxylic acids is 1. The van der Waals surface area contributed by atoms with Crippen LogP contribution in [0, 0.1) is 0 Å². The molecule has 0 bridgehead atoms. The third kappa shape index (κ3) is 7.39. The topological polar surface area (TPSA) is 94.2 Å². The van der Waals surface area contributed by atoms with Gasteiger partial charge in [-0.3, -0.25) is 9.52 Å². The van der Waals surface area contributed by atoms with Gasteiger partial charge in [-0.25, -0.2) is 8.42 Å². The molecule has 0 saturated heterocycles. The minimum absolute atomic E-state index is 0.128. The van der Waals surface area contributed by atoms with Crippen molar-refractivity contribution >= 4 is 43.2 Å². The number of methoxy groups -OCH3 is 1. The van der Waals surface area contributed by atoms with E-state index in [1.807, 2.05) is 0 Å². The number of hydrogen-bond acceptors (Lipinski definition) is 6. The number of amides is 1. The van der Waals surface area contributed by atoms with Crippen LogP contribution in [0.3, 0.4) is 0 Å². The molecule has 0 fully saturated rings. The molecule has 4 rings (SSSR count). The van der Waals surface area contributed by atoms with E-state index in [1.165, 1.54) is 26.2 Å². The summed E-state index contributed by atoms with van der Waals surface area (Å²) >= 11 is 3.24. The van der Waals surface area contributed by atoms with E-state index in [1.54, 1.807) is 35.2 Å². The summed E-state index contributed by atoms with van der Waals surface area (Å²) in [5, 5.41) is 0. The normalized spacial score (nSPS) is 13.7. The van der Waals surface area contributed by atoms with E-state index in [4.69, 9.17) is 14.2 Å². The van der Waals surface area contributed by atoms with Gasteiger partial charge >= 0.3 is 6.18 Å². The summed E-state index contributed by atoms with van der Waals surface area (Å²) in [6.45, 7) is 2.35. The van der Waals surface area contributed by atoms with Gasteiger partial charge in [-0.15, -0.1) is 0 Å². The number of nitrogens with zero attached hydrogens (tertiary/aromatic N) is 1. The highest BCUT2D eigenvalue weighted by Crippen LogP contribution is 2.38. The fourth-order valence-electron chi connectivity index (χ4n) is 4.27. The molecule has 0 aliphatic carbocycles. The second kappa shape index (κ2) is 12.8. The molecule has 1 heterocycles. The van der Waals surface area contributed by atoms with Gasteiger partial charge in [-0.2, -0.15) is 13.2 Å². The average Bonchev–Trinajstić information content (AvgIpc) is 2.93. The van der Waals surface area contributed by atoms with Crippen LogP contribution in [0.15, 0.2) is 59.1 Å². The number of ether oxygens (including phenoxy) is 3. The van der Waals surface area contributed by atoms with Crippen LogP contribution >= 0.6 is 15.9 Å². The van der Waals surface area contributed by atoms with Crippen LogP contribution in [0.2, 0.25) is 0 Å². The first kappa shape index (κ1) is 30.8. The lowest BCUT2D eigenvalue weighted by molar-refractivity contribution is -0.137. The Morgan fingerprint density at radius 3 is 2.46 bits per heavy atom. The molecule has 0 radical (unpaired) electrons. The van der Waals surface area contributed by atoms with E-state index < -0.39 is 21.8 Å². The van der Waals surface area contributed by atoms with Crippen molar-refractivity contribution in [2.45, 2.75) is 19.5 Å². The van der Waals surface area contributed by atoms with E-state index in [2.05, 4.69) is 20.7 Å². The molecule has 0 spiro atoms. The van der Waals surface area contributed by atoms with E-state index >= 15 is 0 Å². The molecule has 13 heteroatoms. The molecule has 0 aromatic heterocycles. The molecule has 3 aromatic rings. The van der Waals surface area contributed by atoms with E-state index in [0.717, 1.165) is 17.7 Å². The predicted octanol–water partition coefficient (Wildman–Crippen LogP) is 6.10. The van der Waals surface area contributed by atoms with E-state index in [9.17, 15) is 26.4 Å². The smallest absolute Gasteiger partial charge is 0.416 e. The second-order valence-corrected chi connectivity index (χ2v) is 12.0. The third-order valence-electron chi connectivity index (χ3n) is 6.44. The van der Waals surface area contributed by atoms with Crippen LogP contribution in [0.5, 0.6) is 5.75 Å². The minimum Gasteiger partial charge on any atom is -0.465 e. The van der Waals surface area contributed by atoms with Gasteiger partial charge in [0.15, 0.2) is 6.79 Å². The zero-order valence-electron chi connectivity index (χ0n) is 22.3. The first-order valence-corrected chi connectivity index (χ1v) is 15.0. The van der Waals surface area contributed by atoms with Crippen molar-refractivity contribution < 1.29 is 40.6 Å². The fourth-order valence-corrected chi connectivity index (χ4v) is 5.51. The molecule has 0 unspecified atom stereocenters. The van der Waals surface area contributed by atoms with Crippen molar-refractivity contribution in [3.8, 4) is 16.9 Å². The Kier molecular flexibility index (Phi) is 9.62. The number of carbonyl (C=O) groups is 1. The molecule has 8 nitrogen and oxygen atoms in total. The van der Waals surface area contributed by atoms with Crippen molar-refractivity contribution in [2.75, 3.05) is 49.0 Å². The second-order valence-electron chi connectivity index (χ2n) is 9.12. The van der Waals surface area contributed by atoms with Crippen molar-refractivity contribution in [3.05, 3.63) is 75.8 Å². The standard InChI is InChI=1S/C28H28BrF3N2O6S/c1-3-41(36,37)33-25-16-21(6-9-26(25)40-17-39-13-12-38-2)34-11-10-19-14-18(4-7-23(19)27(34)35)22-8-5-20(15-24(22)29)28(30,31)32/h4-9,14-16,33H,3,10-13,17H2,1-2H3. The summed E-state index contributed by atoms with van der Waals surface area (Å²) in [4.78, 5) is 15.0. The van der Waals surface area contributed by atoms with Gasteiger partial charge in [0.2, 0.25) is 10.0 Å². The zero-order valence-corrected chi connectivity index (χ0v) is 24.7. The van der Waals surface area contributed by atoms with Crippen LogP contribution in [0.1, 0.15) is 28.4 Å². The number of anilines is 2. The zero-order chi connectivity index (χ0) is 29.8. The van der Waals surface area contributed by atoms with Gasteiger partial charge in [-0.05, 0) is 66.4 Å². The Hall–Kier alpha value is -3.13. The maximum atomic E-state index is 13.5. The van der Waals surface area contributed by atoms with Gasteiger partial charge in [0.25, 0.3) is 5.91 Å². The number of fused-ring (bicyclic) bond motifs is 1. The van der Waals surface area contributed by atoms with Gasteiger partial charge in [0.1, 0.15) is 5.75 Å². The summed E-state index contributed by atoms with van der Waals surface area (Å²) in [6.07, 6.45) is -3.97. The Bertz CT molecular complexity index is 1530. The van der Waals surface area contributed by atoms with Crippen LogP contribution < -0.4 is 14.4 Å². The molecule has 1 aliphatic rings. The Morgan fingerprint density at radius 1 is 1.02 bits per heavy atom. The predicted molar refractivity (Wildman–Crippen MR) is 153 cm³/mol. The maximum Gasteiger partial charge on any atom is 0.416 e. The van der Waals surface area contributed by atoms with Gasteiger partial charge < -0.3 is 19.1 Å². The summed E-state index contributed by atoms with van der Waals surface area (Å²) in [5.41, 5.74) is 2.34. The van der Waals surface area contributed by atoms with Crippen molar-refractivity contribution in [2.24, 2.45) is 0 Å².